The number of ether oxygens (including phenoxy) is 1. The average molecular weight is 437 g/mol. The number of rotatable bonds is 5. The van der Waals surface area contributed by atoms with Crippen LogP contribution in [0, 0.1) is 17.5 Å². The zero-order chi connectivity index (χ0) is 22.2. The molecule has 5 rings (SSSR count). The zero-order valence-corrected chi connectivity index (χ0v) is 16.6. The lowest BCUT2D eigenvalue weighted by Crippen LogP contribution is -2.05. The third-order valence-corrected chi connectivity index (χ3v) is 4.89. The highest BCUT2D eigenvalue weighted by Gasteiger charge is 2.25. The monoisotopic (exact) mass is 437 g/mol. The standard InChI is InChI=1S/C21H14F3N7O/c1-30-17(25-11-27-30)10-32-21-19(18-14(23)7-4-8-15(18)24)16-9-26-28-20(31(16)29-21)12-5-2-3-6-13(12)22/h2-9,11H,10H2,1H3. The van der Waals surface area contributed by atoms with Gasteiger partial charge in [-0.05, 0) is 24.3 Å². The van der Waals surface area contributed by atoms with Crippen LogP contribution in [0.15, 0.2) is 55.0 Å². The van der Waals surface area contributed by atoms with Gasteiger partial charge >= 0.3 is 0 Å². The average Bonchev–Trinajstić information content (AvgIpc) is 3.36. The van der Waals surface area contributed by atoms with E-state index in [0.29, 0.717) is 5.82 Å². The lowest BCUT2D eigenvalue weighted by atomic mass is 10.1. The Morgan fingerprint density at radius 2 is 1.69 bits per heavy atom. The van der Waals surface area contributed by atoms with E-state index >= 15 is 0 Å². The summed E-state index contributed by atoms with van der Waals surface area (Å²) in [6, 6.07) is 9.44. The van der Waals surface area contributed by atoms with E-state index in [-0.39, 0.29) is 40.5 Å². The Kier molecular flexibility index (Phi) is 4.77. The van der Waals surface area contributed by atoms with Crippen LogP contribution in [0.5, 0.6) is 5.88 Å². The molecule has 0 spiro atoms. The van der Waals surface area contributed by atoms with Crippen molar-refractivity contribution in [2.45, 2.75) is 6.61 Å². The first-order valence-corrected chi connectivity index (χ1v) is 9.44. The lowest BCUT2D eigenvalue weighted by Gasteiger charge is -2.07. The molecule has 0 N–H and O–H groups in total. The van der Waals surface area contributed by atoms with Crippen molar-refractivity contribution in [3.63, 3.8) is 0 Å². The predicted molar refractivity (Wildman–Crippen MR) is 107 cm³/mol. The van der Waals surface area contributed by atoms with E-state index in [1.54, 1.807) is 13.1 Å². The molecule has 2 aromatic carbocycles. The Morgan fingerprint density at radius 3 is 2.41 bits per heavy atom. The summed E-state index contributed by atoms with van der Waals surface area (Å²) in [7, 11) is 1.68. The molecule has 160 valence electrons. The van der Waals surface area contributed by atoms with Crippen molar-refractivity contribution in [2.24, 2.45) is 7.05 Å². The Labute approximate surface area is 178 Å². The molecule has 3 heterocycles. The van der Waals surface area contributed by atoms with Gasteiger partial charge in [-0.15, -0.1) is 10.2 Å². The Hall–Kier alpha value is -4.28. The Morgan fingerprint density at radius 1 is 0.938 bits per heavy atom. The number of nitrogens with zero attached hydrogens (tertiary/aromatic N) is 7. The molecule has 0 bridgehead atoms. The topological polar surface area (TPSA) is 83.0 Å². The molecule has 0 aliphatic rings. The molecular weight excluding hydrogens is 423 g/mol. The number of benzene rings is 2. The van der Waals surface area contributed by atoms with Crippen molar-refractivity contribution in [3.8, 4) is 28.4 Å². The van der Waals surface area contributed by atoms with Crippen molar-refractivity contribution in [1.29, 1.82) is 0 Å². The second-order valence-electron chi connectivity index (χ2n) is 6.81. The largest absolute Gasteiger partial charge is 0.468 e. The van der Waals surface area contributed by atoms with Gasteiger partial charge in [-0.3, -0.25) is 4.68 Å². The molecule has 3 aromatic heterocycles. The number of hydrogen-bond acceptors (Lipinski definition) is 6. The van der Waals surface area contributed by atoms with E-state index in [0.717, 1.165) is 12.1 Å². The van der Waals surface area contributed by atoms with Gasteiger partial charge in [0, 0.05) is 7.05 Å². The Bertz CT molecular complexity index is 1430. The van der Waals surface area contributed by atoms with E-state index < -0.39 is 17.5 Å². The van der Waals surface area contributed by atoms with Gasteiger partial charge in [0.05, 0.1) is 22.9 Å². The molecule has 0 unspecified atom stereocenters. The van der Waals surface area contributed by atoms with Crippen molar-refractivity contribution in [1.82, 2.24) is 34.6 Å². The maximum Gasteiger partial charge on any atom is 0.242 e. The summed E-state index contributed by atoms with van der Waals surface area (Å²) in [5.41, 5.74) is -0.0121. The van der Waals surface area contributed by atoms with Crippen LogP contribution in [0.1, 0.15) is 5.82 Å². The SMILES string of the molecule is Cn1ncnc1COc1nn2c(-c3ccccc3F)nncc2c1-c1c(F)cccc1F. The number of halogens is 3. The molecule has 0 amide bonds. The van der Waals surface area contributed by atoms with Crippen LogP contribution >= 0.6 is 0 Å². The molecule has 8 nitrogen and oxygen atoms in total. The first-order valence-electron chi connectivity index (χ1n) is 9.44. The van der Waals surface area contributed by atoms with Crippen molar-refractivity contribution in [2.75, 3.05) is 0 Å². The molecule has 0 atom stereocenters. The number of aromatic nitrogens is 7. The van der Waals surface area contributed by atoms with Crippen molar-refractivity contribution in [3.05, 3.63) is 78.3 Å². The quantitative estimate of drug-likeness (QED) is 0.418. The van der Waals surface area contributed by atoms with Gasteiger partial charge in [0.1, 0.15) is 35.9 Å². The summed E-state index contributed by atoms with van der Waals surface area (Å²) in [5, 5.41) is 16.2. The maximum absolute atomic E-state index is 14.7. The molecule has 0 radical (unpaired) electrons. The third-order valence-electron chi connectivity index (χ3n) is 4.89. The van der Waals surface area contributed by atoms with Gasteiger partial charge in [-0.2, -0.15) is 10.2 Å². The minimum Gasteiger partial charge on any atom is -0.468 e. The lowest BCUT2D eigenvalue weighted by molar-refractivity contribution is 0.278. The molecular formula is C21H14F3N7O. The second-order valence-corrected chi connectivity index (χ2v) is 6.81. The van der Waals surface area contributed by atoms with Crippen molar-refractivity contribution < 1.29 is 17.9 Å². The second kappa shape index (κ2) is 7.76. The van der Waals surface area contributed by atoms with Crippen LogP contribution in [0.25, 0.3) is 28.0 Å². The third kappa shape index (κ3) is 3.23. The van der Waals surface area contributed by atoms with Gasteiger partial charge in [0.2, 0.25) is 5.88 Å². The summed E-state index contributed by atoms with van der Waals surface area (Å²) in [6.07, 6.45) is 2.64. The highest BCUT2D eigenvalue weighted by atomic mass is 19.1. The first kappa shape index (κ1) is 19.7. The predicted octanol–water partition coefficient (Wildman–Crippen LogP) is 3.58. The van der Waals surface area contributed by atoms with Gasteiger partial charge in [-0.1, -0.05) is 18.2 Å². The van der Waals surface area contributed by atoms with Gasteiger partial charge < -0.3 is 4.74 Å². The molecule has 32 heavy (non-hydrogen) atoms. The van der Waals surface area contributed by atoms with Crippen LogP contribution in [-0.4, -0.2) is 34.6 Å². The van der Waals surface area contributed by atoms with E-state index in [1.165, 1.54) is 46.0 Å². The van der Waals surface area contributed by atoms with Gasteiger partial charge in [0.25, 0.3) is 0 Å². The summed E-state index contributed by atoms with van der Waals surface area (Å²) in [4.78, 5) is 4.07. The van der Waals surface area contributed by atoms with Crippen LogP contribution in [0.3, 0.4) is 0 Å². The summed E-state index contributed by atoms with van der Waals surface area (Å²) >= 11 is 0. The number of hydrogen-bond donors (Lipinski definition) is 0. The van der Waals surface area contributed by atoms with Crippen LogP contribution in [0.4, 0.5) is 13.2 Å². The molecule has 0 saturated heterocycles. The summed E-state index contributed by atoms with van der Waals surface area (Å²) in [6.45, 7) is -0.0701. The highest BCUT2D eigenvalue weighted by Crippen LogP contribution is 2.38. The number of aryl methyl sites for hydroxylation is 1. The van der Waals surface area contributed by atoms with E-state index in [1.807, 2.05) is 0 Å². The highest BCUT2D eigenvalue weighted by molar-refractivity contribution is 5.86. The molecule has 0 saturated carbocycles. The van der Waals surface area contributed by atoms with E-state index in [4.69, 9.17) is 4.74 Å². The van der Waals surface area contributed by atoms with Gasteiger partial charge in [0.15, 0.2) is 11.6 Å². The summed E-state index contributed by atoms with van der Waals surface area (Å²) < 4.78 is 52.5. The Balaban J connectivity index is 1.75. The fraction of sp³-hybridized carbons (Fsp3) is 0.0952. The van der Waals surface area contributed by atoms with Crippen LogP contribution in [0.2, 0.25) is 0 Å². The van der Waals surface area contributed by atoms with Crippen LogP contribution < -0.4 is 4.74 Å². The minimum absolute atomic E-state index is 0.0234. The molecule has 0 aliphatic heterocycles. The number of fused-ring (bicyclic) bond motifs is 1. The molecule has 0 aliphatic carbocycles. The minimum atomic E-state index is -0.812. The molecule has 11 heteroatoms. The van der Waals surface area contributed by atoms with E-state index in [2.05, 4.69) is 25.4 Å². The van der Waals surface area contributed by atoms with Crippen LogP contribution in [-0.2, 0) is 13.7 Å². The summed E-state index contributed by atoms with van der Waals surface area (Å²) in [5.74, 6) is -1.76. The smallest absolute Gasteiger partial charge is 0.242 e. The fourth-order valence-corrected chi connectivity index (χ4v) is 3.34. The fourth-order valence-electron chi connectivity index (χ4n) is 3.34. The van der Waals surface area contributed by atoms with E-state index in [9.17, 15) is 13.2 Å². The van der Waals surface area contributed by atoms with Gasteiger partial charge in [-0.25, -0.2) is 22.7 Å². The maximum atomic E-state index is 14.7. The molecule has 5 aromatic rings. The normalized spacial score (nSPS) is 11.2. The first-order chi connectivity index (χ1) is 15.5. The zero-order valence-electron chi connectivity index (χ0n) is 16.6. The molecule has 0 fully saturated rings. The van der Waals surface area contributed by atoms with Crippen molar-refractivity contribution >= 4 is 5.52 Å².